The van der Waals surface area contributed by atoms with Gasteiger partial charge in [-0.1, -0.05) is 46.9 Å². The van der Waals surface area contributed by atoms with Crippen molar-refractivity contribution < 1.29 is 14.4 Å². The summed E-state index contributed by atoms with van der Waals surface area (Å²) in [6, 6.07) is 15.4. The van der Waals surface area contributed by atoms with Crippen LogP contribution in [0.2, 0.25) is 15.1 Å². The van der Waals surface area contributed by atoms with E-state index in [1.807, 2.05) is 24.3 Å². The fourth-order valence-electron chi connectivity index (χ4n) is 3.01. The SMILES string of the molecule is COc1cc(CNCCNc2ccc([N+](=O)[O-])cc2Cl)ccc1OCc1ccc(Cl)c(Cl)c1. The molecule has 0 fully saturated rings. The Morgan fingerprint density at radius 3 is 2.36 bits per heavy atom. The van der Waals surface area contributed by atoms with Gasteiger partial charge in [-0.3, -0.25) is 10.1 Å². The Morgan fingerprint density at radius 2 is 1.67 bits per heavy atom. The second-order valence-corrected chi connectivity index (χ2v) is 8.27. The van der Waals surface area contributed by atoms with Crippen molar-refractivity contribution in [2.24, 2.45) is 0 Å². The number of hydrogen-bond acceptors (Lipinski definition) is 6. The molecule has 0 saturated carbocycles. The van der Waals surface area contributed by atoms with Gasteiger partial charge in [-0.05, 0) is 41.5 Å². The Morgan fingerprint density at radius 1 is 0.879 bits per heavy atom. The van der Waals surface area contributed by atoms with E-state index in [0.29, 0.717) is 58.5 Å². The molecular formula is C23H22Cl3N3O4. The summed E-state index contributed by atoms with van der Waals surface area (Å²) in [5, 5.41) is 18.6. The van der Waals surface area contributed by atoms with Gasteiger partial charge in [-0.2, -0.15) is 0 Å². The van der Waals surface area contributed by atoms with Crippen molar-refractivity contribution in [1.29, 1.82) is 0 Å². The number of halogens is 3. The molecule has 0 saturated heterocycles. The molecule has 0 aliphatic rings. The minimum Gasteiger partial charge on any atom is -0.493 e. The van der Waals surface area contributed by atoms with E-state index in [9.17, 15) is 10.1 Å². The minimum absolute atomic E-state index is 0.0398. The van der Waals surface area contributed by atoms with Gasteiger partial charge in [0.05, 0.1) is 32.8 Å². The van der Waals surface area contributed by atoms with E-state index in [1.54, 1.807) is 25.3 Å². The van der Waals surface area contributed by atoms with E-state index in [1.165, 1.54) is 12.1 Å². The predicted octanol–water partition coefficient (Wildman–Crippen LogP) is 6.34. The predicted molar refractivity (Wildman–Crippen MR) is 132 cm³/mol. The molecule has 3 aromatic carbocycles. The van der Waals surface area contributed by atoms with Crippen LogP contribution >= 0.6 is 34.8 Å². The number of nitrogens with zero attached hydrogens (tertiary/aromatic N) is 1. The van der Waals surface area contributed by atoms with Crippen LogP contribution in [-0.4, -0.2) is 25.1 Å². The van der Waals surface area contributed by atoms with Crippen molar-refractivity contribution in [2.45, 2.75) is 13.2 Å². The highest BCUT2D eigenvalue weighted by Gasteiger charge is 2.10. The molecule has 0 amide bonds. The smallest absolute Gasteiger partial charge is 0.271 e. The maximum absolute atomic E-state index is 10.8. The zero-order chi connectivity index (χ0) is 23.8. The molecule has 3 rings (SSSR count). The first kappa shape index (κ1) is 24.9. The zero-order valence-corrected chi connectivity index (χ0v) is 20.0. The molecule has 10 heteroatoms. The maximum atomic E-state index is 10.8. The molecule has 2 N–H and O–H groups in total. The third kappa shape index (κ3) is 7.14. The number of nitro groups is 1. The van der Waals surface area contributed by atoms with Crippen molar-refractivity contribution in [1.82, 2.24) is 5.32 Å². The number of hydrogen-bond donors (Lipinski definition) is 2. The van der Waals surface area contributed by atoms with Gasteiger partial charge in [0.2, 0.25) is 0 Å². The lowest BCUT2D eigenvalue weighted by molar-refractivity contribution is -0.384. The van der Waals surface area contributed by atoms with Crippen molar-refractivity contribution in [3.8, 4) is 11.5 Å². The van der Waals surface area contributed by atoms with Gasteiger partial charge >= 0.3 is 0 Å². The molecule has 33 heavy (non-hydrogen) atoms. The second-order valence-electron chi connectivity index (χ2n) is 7.05. The first-order valence-electron chi connectivity index (χ1n) is 9.99. The van der Waals surface area contributed by atoms with Gasteiger partial charge < -0.3 is 20.1 Å². The molecule has 0 aliphatic heterocycles. The van der Waals surface area contributed by atoms with Gasteiger partial charge in [-0.15, -0.1) is 0 Å². The van der Waals surface area contributed by atoms with E-state index in [-0.39, 0.29) is 5.69 Å². The fourth-order valence-corrected chi connectivity index (χ4v) is 3.57. The number of non-ortho nitro benzene ring substituents is 1. The Balaban J connectivity index is 1.47. The maximum Gasteiger partial charge on any atom is 0.271 e. The van der Waals surface area contributed by atoms with Crippen LogP contribution in [0, 0.1) is 10.1 Å². The van der Waals surface area contributed by atoms with Gasteiger partial charge in [0.25, 0.3) is 5.69 Å². The summed E-state index contributed by atoms with van der Waals surface area (Å²) < 4.78 is 11.3. The lowest BCUT2D eigenvalue weighted by Gasteiger charge is -2.13. The van der Waals surface area contributed by atoms with Crippen LogP contribution in [0.5, 0.6) is 11.5 Å². The summed E-state index contributed by atoms with van der Waals surface area (Å²) in [5.41, 5.74) is 2.54. The van der Waals surface area contributed by atoms with E-state index in [2.05, 4.69) is 10.6 Å². The molecule has 0 heterocycles. The zero-order valence-electron chi connectivity index (χ0n) is 17.7. The highest BCUT2D eigenvalue weighted by Crippen LogP contribution is 2.30. The highest BCUT2D eigenvalue weighted by atomic mass is 35.5. The molecule has 0 atom stereocenters. The first-order valence-corrected chi connectivity index (χ1v) is 11.1. The average molecular weight is 511 g/mol. The third-order valence-electron chi connectivity index (χ3n) is 4.72. The Labute approximate surface area is 206 Å². The lowest BCUT2D eigenvalue weighted by atomic mass is 10.2. The fraction of sp³-hybridized carbons (Fsp3) is 0.217. The van der Waals surface area contributed by atoms with E-state index < -0.39 is 4.92 Å². The van der Waals surface area contributed by atoms with Crippen molar-refractivity contribution in [3.05, 3.63) is 90.9 Å². The number of rotatable bonds is 11. The summed E-state index contributed by atoms with van der Waals surface area (Å²) in [5.74, 6) is 1.26. The standard InChI is InChI=1S/C23H22Cl3N3O4/c1-32-23-11-15(3-7-22(23)33-14-16-2-5-18(24)19(25)10-16)13-27-8-9-28-21-6-4-17(29(30)31)12-20(21)26/h2-7,10-12,27-28H,8-9,13-14H2,1H3. The number of ether oxygens (including phenoxy) is 2. The van der Waals surface area contributed by atoms with Crippen molar-refractivity contribution >= 4 is 46.2 Å². The summed E-state index contributed by atoms with van der Waals surface area (Å²) in [4.78, 5) is 10.3. The normalized spacial score (nSPS) is 10.7. The monoisotopic (exact) mass is 509 g/mol. The van der Waals surface area contributed by atoms with E-state index in [0.717, 1.165) is 11.1 Å². The van der Waals surface area contributed by atoms with Gasteiger partial charge in [0, 0.05) is 31.8 Å². The van der Waals surface area contributed by atoms with Crippen LogP contribution in [0.1, 0.15) is 11.1 Å². The van der Waals surface area contributed by atoms with Crippen LogP contribution in [0.4, 0.5) is 11.4 Å². The number of nitrogens with one attached hydrogen (secondary N) is 2. The Kier molecular flexibility index (Phi) is 9.03. The molecule has 0 bridgehead atoms. The van der Waals surface area contributed by atoms with Crippen LogP contribution < -0.4 is 20.1 Å². The van der Waals surface area contributed by atoms with E-state index in [4.69, 9.17) is 44.3 Å². The Bertz CT molecular complexity index is 1130. The quantitative estimate of drug-likeness (QED) is 0.178. The first-order chi connectivity index (χ1) is 15.9. The molecule has 0 aliphatic carbocycles. The average Bonchev–Trinajstić information content (AvgIpc) is 2.80. The number of anilines is 1. The van der Waals surface area contributed by atoms with Gasteiger partial charge in [-0.25, -0.2) is 0 Å². The molecule has 3 aromatic rings. The number of nitro benzene ring substituents is 1. The summed E-state index contributed by atoms with van der Waals surface area (Å²) in [7, 11) is 1.59. The summed E-state index contributed by atoms with van der Waals surface area (Å²) in [6.07, 6.45) is 0. The summed E-state index contributed by atoms with van der Waals surface area (Å²) in [6.45, 7) is 2.21. The largest absolute Gasteiger partial charge is 0.493 e. The highest BCUT2D eigenvalue weighted by molar-refractivity contribution is 6.42. The van der Waals surface area contributed by atoms with Crippen LogP contribution in [0.25, 0.3) is 0 Å². The molecule has 0 spiro atoms. The summed E-state index contributed by atoms with van der Waals surface area (Å²) >= 11 is 18.1. The lowest BCUT2D eigenvalue weighted by Crippen LogP contribution is -2.21. The molecule has 174 valence electrons. The number of benzene rings is 3. The topological polar surface area (TPSA) is 85.7 Å². The van der Waals surface area contributed by atoms with Crippen LogP contribution in [-0.2, 0) is 13.2 Å². The van der Waals surface area contributed by atoms with Crippen LogP contribution in [0.15, 0.2) is 54.6 Å². The molecule has 0 radical (unpaired) electrons. The molecule has 0 unspecified atom stereocenters. The second kappa shape index (κ2) is 12.0. The van der Waals surface area contributed by atoms with Gasteiger partial charge in [0.15, 0.2) is 11.5 Å². The Hall–Kier alpha value is -2.71. The van der Waals surface area contributed by atoms with Crippen molar-refractivity contribution in [3.63, 3.8) is 0 Å². The third-order valence-corrected chi connectivity index (χ3v) is 5.77. The molecule has 0 aromatic heterocycles. The molecule has 7 nitrogen and oxygen atoms in total. The van der Waals surface area contributed by atoms with E-state index >= 15 is 0 Å². The van der Waals surface area contributed by atoms with Crippen LogP contribution in [0.3, 0.4) is 0 Å². The van der Waals surface area contributed by atoms with Crippen molar-refractivity contribution in [2.75, 3.05) is 25.5 Å². The molecular weight excluding hydrogens is 489 g/mol. The minimum atomic E-state index is -0.477. The van der Waals surface area contributed by atoms with Gasteiger partial charge in [0.1, 0.15) is 6.61 Å². The number of methoxy groups -OCH3 is 1.